The molecule has 1 atom stereocenters. The number of hydrogen-bond donors (Lipinski definition) is 1. The molecule has 0 saturated carbocycles. The summed E-state index contributed by atoms with van der Waals surface area (Å²) in [6.45, 7) is 3.92. The molecule has 3 rings (SSSR count). The molecule has 112 valence electrons. The van der Waals surface area contributed by atoms with Crippen molar-refractivity contribution in [2.75, 3.05) is 26.4 Å². The van der Waals surface area contributed by atoms with E-state index in [1.807, 2.05) is 18.6 Å². The van der Waals surface area contributed by atoms with Crippen LogP contribution in [0, 0.1) is 0 Å². The molecule has 21 heavy (non-hydrogen) atoms. The van der Waals surface area contributed by atoms with Crippen molar-refractivity contribution in [2.24, 2.45) is 0 Å². The number of rotatable bonds is 5. The quantitative estimate of drug-likeness (QED) is 0.895. The molecule has 1 fully saturated rings. The summed E-state index contributed by atoms with van der Waals surface area (Å²) in [5.74, 6) is 0. The fourth-order valence-electron chi connectivity index (χ4n) is 2.68. The van der Waals surface area contributed by atoms with E-state index in [0.29, 0.717) is 6.61 Å². The van der Waals surface area contributed by atoms with Crippen LogP contribution < -0.4 is 0 Å². The Morgan fingerprint density at radius 2 is 2.10 bits per heavy atom. The van der Waals surface area contributed by atoms with Gasteiger partial charge in [0.05, 0.1) is 37.9 Å². The lowest BCUT2D eigenvalue weighted by molar-refractivity contribution is -0.0321. The maximum Gasteiger partial charge on any atom is 0.0951 e. The number of aromatic nitrogens is 2. The third kappa shape index (κ3) is 3.50. The van der Waals surface area contributed by atoms with Crippen LogP contribution in [0.25, 0.3) is 0 Å². The Labute approximate surface area is 124 Å². The van der Waals surface area contributed by atoms with Gasteiger partial charge in [0.25, 0.3) is 0 Å². The molecule has 0 unspecified atom stereocenters. The first kappa shape index (κ1) is 14.3. The van der Waals surface area contributed by atoms with E-state index in [-0.39, 0.29) is 12.6 Å². The number of imidazole rings is 1. The molecule has 1 aromatic carbocycles. The van der Waals surface area contributed by atoms with E-state index in [2.05, 4.69) is 38.7 Å². The second-order valence-corrected chi connectivity index (χ2v) is 5.38. The van der Waals surface area contributed by atoms with Gasteiger partial charge in [0.15, 0.2) is 0 Å². The van der Waals surface area contributed by atoms with Gasteiger partial charge in [0, 0.05) is 25.8 Å². The first-order valence-electron chi connectivity index (χ1n) is 7.32. The zero-order chi connectivity index (χ0) is 14.5. The van der Waals surface area contributed by atoms with Crippen molar-refractivity contribution >= 4 is 0 Å². The maximum atomic E-state index is 9.45. The number of morpholine rings is 1. The highest BCUT2D eigenvalue weighted by atomic mass is 16.5. The molecule has 5 heteroatoms. The SMILES string of the molecule is OC[C@H]1COCCN1Cc1cncn1Cc1ccccc1. The van der Waals surface area contributed by atoms with E-state index in [1.165, 1.54) is 11.3 Å². The molecule has 1 aliphatic rings. The van der Waals surface area contributed by atoms with Crippen LogP contribution in [0.2, 0.25) is 0 Å². The number of benzene rings is 1. The normalized spacial score (nSPS) is 19.8. The van der Waals surface area contributed by atoms with Crippen LogP contribution in [-0.4, -0.2) is 52.0 Å². The number of nitrogens with zero attached hydrogens (tertiary/aromatic N) is 3. The second-order valence-electron chi connectivity index (χ2n) is 5.38. The van der Waals surface area contributed by atoms with Gasteiger partial charge < -0.3 is 14.4 Å². The Bertz CT molecular complexity index is 556. The number of ether oxygens (including phenoxy) is 1. The van der Waals surface area contributed by atoms with E-state index in [1.54, 1.807) is 0 Å². The minimum Gasteiger partial charge on any atom is -0.395 e. The Morgan fingerprint density at radius 3 is 2.90 bits per heavy atom. The van der Waals surface area contributed by atoms with E-state index in [4.69, 9.17) is 4.74 Å². The Kier molecular flexibility index (Phi) is 4.65. The van der Waals surface area contributed by atoms with Crippen molar-refractivity contribution < 1.29 is 9.84 Å². The highest BCUT2D eigenvalue weighted by Gasteiger charge is 2.23. The van der Waals surface area contributed by atoms with Gasteiger partial charge in [-0.05, 0) is 5.56 Å². The second kappa shape index (κ2) is 6.85. The van der Waals surface area contributed by atoms with Crippen LogP contribution in [-0.2, 0) is 17.8 Å². The first-order valence-corrected chi connectivity index (χ1v) is 7.32. The molecule has 1 N–H and O–H groups in total. The van der Waals surface area contributed by atoms with Crippen molar-refractivity contribution in [1.82, 2.24) is 14.5 Å². The lowest BCUT2D eigenvalue weighted by atomic mass is 10.2. The summed E-state index contributed by atoms with van der Waals surface area (Å²) < 4.78 is 7.59. The van der Waals surface area contributed by atoms with Gasteiger partial charge in [-0.25, -0.2) is 4.98 Å². The Hall–Kier alpha value is -1.69. The molecule has 0 amide bonds. The van der Waals surface area contributed by atoms with Gasteiger partial charge in [-0.2, -0.15) is 0 Å². The molecule has 0 spiro atoms. The number of hydrogen-bond acceptors (Lipinski definition) is 4. The fraction of sp³-hybridized carbons (Fsp3) is 0.438. The average molecular weight is 287 g/mol. The van der Waals surface area contributed by atoms with Gasteiger partial charge in [-0.3, -0.25) is 4.90 Å². The van der Waals surface area contributed by atoms with E-state index in [9.17, 15) is 5.11 Å². The highest BCUT2D eigenvalue weighted by molar-refractivity contribution is 5.16. The number of aliphatic hydroxyl groups is 1. The summed E-state index contributed by atoms with van der Waals surface area (Å²) in [4.78, 5) is 6.54. The maximum absolute atomic E-state index is 9.45. The topological polar surface area (TPSA) is 50.5 Å². The van der Waals surface area contributed by atoms with Crippen molar-refractivity contribution in [3.63, 3.8) is 0 Å². The molecule has 1 saturated heterocycles. The Morgan fingerprint density at radius 1 is 1.24 bits per heavy atom. The minimum atomic E-state index is 0.0822. The van der Waals surface area contributed by atoms with Crippen LogP contribution in [0.1, 0.15) is 11.3 Å². The monoisotopic (exact) mass is 287 g/mol. The summed E-state index contributed by atoms with van der Waals surface area (Å²) in [5.41, 5.74) is 2.43. The van der Waals surface area contributed by atoms with E-state index in [0.717, 1.165) is 26.2 Å². The van der Waals surface area contributed by atoms with Crippen molar-refractivity contribution in [3.05, 3.63) is 54.1 Å². The van der Waals surface area contributed by atoms with Crippen molar-refractivity contribution in [2.45, 2.75) is 19.1 Å². The smallest absolute Gasteiger partial charge is 0.0951 e. The van der Waals surface area contributed by atoms with Crippen LogP contribution >= 0.6 is 0 Å². The third-order valence-electron chi connectivity index (χ3n) is 3.92. The predicted molar refractivity (Wildman–Crippen MR) is 79.9 cm³/mol. The molecule has 0 bridgehead atoms. The van der Waals surface area contributed by atoms with Crippen LogP contribution in [0.4, 0.5) is 0 Å². The van der Waals surface area contributed by atoms with Gasteiger partial charge in [-0.15, -0.1) is 0 Å². The van der Waals surface area contributed by atoms with E-state index < -0.39 is 0 Å². The van der Waals surface area contributed by atoms with Gasteiger partial charge in [0.2, 0.25) is 0 Å². The molecule has 0 aliphatic carbocycles. The van der Waals surface area contributed by atoms with Gasteiger partial charge in [-0.1, -0.05) is 30.3 Å². The summed E-state index contributed by atoms with van der Waals surface area (Å²) in [6, 6.07) is 10.5. The van der Waals surface area contributed by atoms with Gasteiger partial charge in [0.1, 0.15) is 0 Å². The van der Waals surface area contributed by atoms with E-state index >= 15 is 0 Å². The van der Waals surface area contributed by atoms with Crippen LogP contribution in [0.5, 0.6) is 0 Å². The molecule has 2 heterocycles. The molecule has 0 radical (unpaired) electrons. The summed E-state index contributed by atoms with van der Waals surface area (Å²) in [5, 5.41) is 9.45. The molecular weight excluding hydrogens is 266 g/mol. The largest absolute Gasteiger partial charge is 0.395 e. The Balaban J connectivity index is 1.70. The highest BCUT2D eigenvalue weighted by Crippen LogP contribution is 2.13. The van der Waals surface area contributed by atoms with Crippen LogP contribution in [0.15, 0.2) is 42.9 Å². The minimum absolute atomic E-state index is 0.0822. The standard InChI is InChI=1S/C16H21N3O2/c20-11-16-12-21-7-6-18(16)10-15-8-17-13-19(15)9-14-4-2-1-3-5-14/h1-5,8,13,16,20H,6-7,9-12H2/t16-/m0/s1. The summed E-state index contributed by atoms with van der Waals surface area (Å²) in [7, 11) is 0. The zero-order valence-electron chi connectivity index (χ0n) is 12.1. The molecule has 1 aromatic heterocycles. The fourth-order valence-corrected chi connectivity index (χ4v) is 2.68. The third-order valence-corrected chi connectivity index (χ3v) is 3.92. The molecular formula is C16H21N3O2. The summed E-state index contributed by atoms with van der Waals surface area (Å²) in [6.07, 6.45) is 3.78. The molecule has 5 nitrogen and oxygen atoms in total. The first-order chi connectivity index (χ1) is 10.4. The van der Waals surface area contributed by atoms with Crippen molar-refractivity contribution in [1.29, 1.82) is 0 Å². The number of aliphatic hydroxyl groups excluding tert-OH is 1. The summed E-state index contributed by atoms with van der Waals surface area (Å²) >= 11 is 0. The zero-order valence-corrected chi connectivity index (χ0v) is 12.1. The average Bonchev–Trinajstić information content (AvgIpc) is 2.96. The lowest BCUT2D eigenvalue weighted by Gasteiger charge is -2.34. The van der Waals surface area contributed by atoms with Crippen molar-refractivity contribution in [3.8, 4) is 0 Å². The lowest BCUT2D eigenvalue weighted by Crippen LogP contribution is -2.47. The van der Waals surface area contributed by atoms with Gasteiger partial charge >= 0.3 is 0 Å². The molecule has 2 aromatic rings. The molecule has 1 aliphatic heterocycles. The van der Waals surface area contributed by atoms with Crippen LogP contribution in [0.3, 0.4) is 0 Å². The predicted octanol–water partition coefficient (Wildman–Crippen LogP) is 1.12.